The molecule has 0 spiro atoms. The zero-order chi connectivity index (χ0) is 12.5. The first kappa shape index (κ1) is 11.7. The number of aromatic nitrogens is 2. The van der Waals surface area contributed by atoms with Crippen LogP contribution < -0.4 is 0 Å². The van der Waals surface area contributed by atoms with Crippen LogP contribution in [-0.2, 0) is 5.60 Å². The molecule has 3 heteroatoms. The molecule has 0 aliphatic heterocycles. The largest absolute Gasteiger partial charge is 0.384 e. The molecule has 3 nitrogen and oxygen atoms in total. The van der Waals surface area contributed by atoms with Crippen LogP contribution in [0, 0.1) is 6.92 Å². The second-order valence-electron chi connectivity index (χ2n) is 4.69. The molecule has 2 rings (SSSR count). The van der Waals surface area contributed by atoms with Gasteiger partial charge in [-0.05, 0) is 44.5 Å². The van der Waals surface area contributed by atoms with E-state index in [2.05, 4.69) is 9.97 Å². The van der Waals surface area contributed by atoms with Crippen LogP contribution in [0.1, 0.15) is 25.1 Å². The Balaban J connectivity index is 2.43. The van der Waals surface area contributed by atoms with Crippen molar-refractivity contribution in [2.75, 3.05) is 0 Å². The molecule has 2 heterocycles. The Hall–Kier alpha value is -1.74. The third kappa shape index (κ3) is 2.68. The maximum absolute atomic E-state index is 9.92. The Bertz CT molecular complexity index is 512. The molecule has 0 aliphatic rings. The van der Waals surface area contributed by atoms with E-state index in [0.717, 1.165) is 17.0 Å². The second-order valence-corrected chi connectivity index (χ2v) is 4.69. The van der Waals surface area contributed by atoms with Crippen LogP contribution in [0.3, 0.4) is 0 Å². The Morgan fingerprint density at radius 1 is 1.06 bits per heavy atom. The molecule has 0 aliphatic carbocycles. The normalized spacial score (nSPS) is 11.5. The Labute approximate surface area is 101 Å². The fraction of sp³-hybridized carbons (Fsp3) is 0.286. The third-order valence-electron chi connectivity index (χ3n) is 2.55. The van der Waals surface area contributed by atoms with Gasteiger partial charge in [-0.1, -0.05) is 12.1 Å². The van der Waals surface area contributed by atoms with Gasteiger partial charge in [-0.3, -0.25) is 4.98 Å². The van der Waals surface area contributed by atoms with Crippen molar-refractivity contribution in [1.82, 2.24) is 9.97 Å². The highest BCUT2D eigenvalue weighted by atomic mass is 16.3. The van der Waals surface area contributed by atoms with Gasteiger partial charge in [0.15, 0.2) is 0 Å². The van der Waals surface area contributed by atoms with Crippen LogP contribution in [0.25, 0.3) is 11.4 Å². The molecule has 0 radical (unpaired) electrons. The number of pyridine rings is 2. The monoisotopic (exact) mass is 228 g/mol. The number of nitrogens with zero attached hydrogens (tertiary/aromatic N) is 2. The molecule has 0 aromatic carbocycles. The number of hydrogen-bond acceptors (Lipinski definition) is 3. The van der Waals surface area contributed by atoms with Crippen molar-refractivity contribution < 1.29 is 5.11 Å². The minimum Gasteiger partial charge on any atom is -0.384 e. The lowest BCUT2D eigenvalue weighted by atomic mass is 10.0. The van der Waals surface area contributed by atoms with E-state index in [1.165, 1.54) is 0 Å². The zero-order valence-corrected chi connectivity index (χ0v) is 10.3. The lowest BCUT2D eigenvalue weighted by Crippen LogP contribution is -2.17. The lowest BCUT2D eigenvalue weighted by molar-refractivity contribution is 0.0740. The SMILES string of the molecule is Cc1ccc(-c2cccc(C(C)(C)O)n2)nc1. The minimum absolute atomic E-state index is 0.650. The number of hydrogen-bond donors (Lipinski definition) is 1. The highest BCUT2D eigenvalue weighted by Crippen LogP contribution is 2.21. The van der Waals surface area contributed by atoms with Crippen LogP contribution in [0.4, 0.5) is 0 Å². The highest BCUT2D eigenvalue weighted by Gasteiger charge is 2.18. The second kappa shape index (κ2) is 4.26. The van der Waals surface area contributed by atoms with Crippen LogP contribution in [0.2, 0.25) is 0 Å². The molecule has 2 aromatic rings. The fourth-order valence-electron chi connectivity index (χ4n) is 1.54. The molecule has 0 saturated carbocycles. The van der Waals surface area contributed by atoms with E-state index in [1.807, 2.05) is 43.5 Å². The van der Waals surface area contributed by atoms with Crippen molar-refractivity contribution in [3.05, 3.63) is 47.8 Å². The Morgan fingerprint density at radius 2 is 1.82 bits per heavy atom. The summed E-state index contributed by atoms with van der Waals surface area (Å²) in [5.41, 5.74) is 2.44. The number of aryl methyl sites for hydroxylation is 1. The molecule has 0 unspecified atom stereocenters. The summed E-state index contributed by atoms with van der Waals surface area (Å²) >= 11 is 0. The summed E-state index contributed by atoms with van der Waals surface area (Å²) in [6.07, 6.45) is 1.81. The van der Waals surface area contributed by atoms with Gasteiger partial charge in [0.2, 0.25) is 0 Å². The first-order valence-electron chi connectivity index (χ1n) is 5.60. The summed E-state index contributed by atoms with van der Waals surface area (Å²) in [5, 5.41) is 9.92. The summed E-state index contributed by atoms with van der Waals surface area (Å²) in [6.45, 7) is 5.45. The predicted molar refractivity (Wildman–Crippen MR) is 67.4 cm³/mol. The maximum atomic E-state index is 9.92. The molecule has 0 fully saturated rings. The van der Waals surface area contributed by atoms with Crippen LogP contribution in [-0.4, -0.2) is 15.1 Å². The quantitative estimate of drug-likeness (QED) is 0.859. The van der Waals surface area contributed by atoms with E-state index in [0.29, 0.717) is 5.69 Å². The molecule has 0 amide bonds. The zero-order valence-electron chi connectivity index (χ0n) is 10.3. The first-order valence-corrected chi connectivity index (χ1v) is 5.60. The average Bonchev–Trinajstić information content (AvgIpc) is 2.29. The summed E-state index contributed by atoms with van der Waals surface area (Å²) in [4.78, 5) is 8.76. The first-order chi connectivity index (χ1) is 7.97. The summed E-state index contributed by atoms with van der Waals surface area (Å²) in [7, 11) is 0. The van der Waals surface area contributed by atoms with Gasteiger partial charge in [-0.25, -0.2) is 4.98 Å². The summed E-state index contributed by atoms with van der Waals surface area (Å²) in [5.74, 6) is 0. The molecular formula is C14H16N2O. The Morgan fingerprint density at radius 3 is 2.41 bits per heavy atom. The molecule has 0 atom stereocenters. The van der Waals surface area contributed by atoms with Crippen molar-refractivity contribution in [2.24, 2.45) is 0 Å². The van der Waals surface area contributed by atoms with Gasteiger partial charge in [0, 0.05) is 6.20 Å². The average molecular weight is 228 g/mol. The van der Waals surface area contributed by atoms with Gasteiger partial charge in [0.25, 0.3) is 0 Å². The number of rotatable bonds is 2. The lowest BCUT2D eigenvalue weighted by Gasteiger charge is -2.16. The van der Waals surface area contributed by atoms with E-state index in [1.54, 1.807) is 13.8 Å². The van der Waals surface area contributed by atoms with E-state index in [9.17, 15) is 5.11 Å². The summed E-state index contributed by atoms with van der Waals surface area (Å²) in [6, 6.07) is 9.54. The van der Waals surface area contributed by atoms with Crippen LogP contribution in [0.5, 0.6) is 0 Å². The van der Waals surface area contributed by atoms with Crippen LogP contribution in [0.15, 0.2) is 36.5 Å². The molecule has 88 valence electrons. The highest BCUT2D eigenvalue weighted by molar-refractivity contribution is 5.54. The van der Waals surface area contributed by atoms with Crippen molar-refractivity contribution in [1.29, 1.82) is 0 Å². The molecule has 0 saturated heterocycles. The van der Waals surface area contributed by atoms with E-state index in [4.69, 9.17) is 0 Å². The van der Waals surface area contributed by atoms with E-state index >= 15 is 0 Å². The van der Waals surface area contributed by atoms with Crippen molar-refractivity contribution in [3.63, 3.8) is 0 Å². The Kier molecular flexibility index (Phi) is 2.94. The third-order valence-corrected chi connectivity index (χ3v) is 2.55. The molecule has 2 aromatic heterocycles. The standard InChI is InChI=1S/C14H16N2O/c1-10-7-8-11(15-9-10)12-5-4-6-13(16-12)14(2,3)17/h4-9,17H,1-3H3. The topological polar surface area (TPSA) is 46.0 Å². The van der Waals surface area contributed by atoms with Gasteiger partial charge < -0.3 is 5.11 Å². The summed E-state index contributed by atoms with van der Waals surface area (Å²) < 4.78 is 0. The minimum atomic E-state index is -0.930. The predicted octanol–water partition coefficient (Wildman–Crippen LogP) is 2.68. The van der Waals surface area contributed by atoms with E-state index in [-0.39, 0.29) is 0 Å². The van der Waals surface area contributed by atoms with Crippen molar-refractivity contribution in [3.8, 4) is 11.4 Å². The molecule has 1 N–H and O–H groups in total. The van der Waals surface area contributed by atoms with E-state index < -0.39 is 5.60 Å². The van der Waals surface area contributed by atoms with Gasteiger partial charge in [0.05, 0.1) is 17.1 Å². The van der Waals surface area contributed by atoms with Crippen LogP contribution >= 0.6 is 0 Å². The maximum Gasteiger partial charge on any atom is 0.101 e. The van der Waals surface area contributed by atoms with Gasteiger partial charge >= 0.3 is 0 Å². The fourth-order valence-corrected chi connectivity index (χ4v) is 1.54. The number of aliphatic hydroxyl groups is 1. The van der Waals surface area contributed by atoms with Crippen molar-refractivity contribution in [2.45, 2.75) is 26.4 Å². The van der Waals surface area contributed by atoms with Gasteiger partial charge in [-0.2, -0.15) is 0 Å². The van der Waals surface area contributed by atoms with Gasteiger partial charge in [0.1, 0.15) is 5.60 Å². The molecule has 0 bridgehead atoms. The molecular weight excluding hydrogens is 212 g/mol. The molecule has 17 heavy (non-hydrogen) atoms. The van der Waals surface area contributed by atoms with Gasteiger partial charge in [-0.15, -0.1) is 0 Å². The smallest absolute Gasteiger partial charge is 0.101 e. The van der Waals surface area contributed by atoms with Crippen molar-refractivity contribution >= 4 is 0 Å².